The molecule has 0 atom stereocenters. The van der Waals surface area contributed by atoms with Crippen LogP contribution in [-0.4, -0.2) is 34.6 Å². The van der Waals surface area contributed by atoms with Crippen molar-refractivity contribution >= 4 is 29.0 Å². The number of nitrogens with zero attached hydrogens (tertiary/aromatic N) is 3. The van der Waals surface area contributed by atoms with Crippen LogP contribution in [0, 0.1) is 12.8 Å². The molecule has 1 aromatic heterocycles. The number of halogens is 1. The van der Waals surface area contributed by atoms with Crippen LogP contribution in [0.15, 0.2) is 48.5 Å². The predicted octanol–water partition coefficient (Wildman–Crippen LogP) is 7.02. The number of hydrogen-bond donors (Lipinski definition) is 0. The molecule has 0 bridgehead atoms. The maximum atomic E-state index is 11.9. The van der Waals surface area contributed by atoms with Crippen LogP contribution < -0.4 is 4.90 Å². The van der Waals surface area contributed by atoms with E-state index in [-0.39, 0.29) is 17.5 Å². The number of aryl methyl sites for hydroxylation is 2. The van der Waals surface area contributed by atoms with Gasteiger partial charge in [0.15, 0.2) is 5.82 Å². The number of fused-ring (bicyclic) bond motifs is 1. The highest BCUT2D eigenvalue weighted by Crippen LogP contribution is 2.35. The van der Waals surface area contributed by atoms with Crippen LogP contribution in [0.3, 0.4) is 0 Å². The van der Waals surface area contributed by atoms with Gasteiger partial charge in [-0.25, -0.2) is 9.97 Å². The lowest BCUT2D eigenvalue weighted by Gasteiger charge is -2.30. The van der Waals surface area contributed by atoms with Crippen molar-refractivity contribution in [1.29, 1.82) is 0 Å². The first-order chi connectivity index (χ1) is 18.0. The zero-order valence-corrected chi connectivity index (χ0v) is 22.3. The number of ketones is 2. The predicted molar refractivity (Wildman–Crippen MR) is 149 cm³/mol. The molecule has 0 spiro atoms. The van der Waals surface area contributed by atoms with Crippen molar-refractivity contribution in [2.45, 2.75) is 64.7 Å². The number of rotatable bonds is 9. The van der Waals surface area contributed by atoms with E-state index in [9.17, 15) is 9.59 Å². The van der Waals surface area contributed by atoms with Crippen molar-refractivity contribution < 1.29 is 9.59 Å². The quantitative estimate of drug-likeness (QED) is 0.226. The molecule has 1 aliphatic carbocycles. The van der Waals surface area contributed by atoms with Crippen LogP contribution in [0.25, 0.3) is 22.5 Å². The molecule has 2 aromatic carbocycles. The molecule has 2 heterocycles. The van der Waals surface area contributed by atoms with E-state index in [1.807, 2.05) is 24.3 Å². The van der Waals surface area contributed by atoms with Crippen LogP contribution in [0.1, 0.15) is 62.6 Å². The Morgan fingerprint density at radius 1 is 0.811 bits per heavy atom. The highest BCUT2D eigenvalue weighted by Gasteiger charge is 2.31. The molecule has 2 aliphatic rings. The Labute approximate surface area is 224 Å². The summed E-state index contributed by atoms with van der Waals surface area (Å²) in [7, 11) is 0. The van der Waals surface area contributed by atoms with Crippen LogP contribution in [0.2, 0.25) is 5.02 Å². The van der Waals surface area contributed by atoms with E-state index in [1.54, 1.807) is 0 Å². The largest absolute Gasteiger partial charge is 0.355 e. The van der Waals surface area contributed by atoms with Crippen molar-refractivity contribution in [2.24, 2.45) is 5.92 Å². The van der Waals surface area contributed by atoms with Gasteiger partial charge in [0.2, 0.25) is 0 Å². The molecule has 1 fully saturated rings. The molecular weight excluding hydrogens is 482 g/mol. The molecular formula is C31H34ClN3O2. The first-order valence-electron chi connectivity index (χ1n) is 13.5. The van der Waals surface area contributed by atoms with Gasteiger partial charge in [-0.05, 0) is 44.7 Å². The molecule has 1 saturated carbocycles. The molecule has 3 aromatic rings. The Bertz CT molecular complexity index is 1250. The Morgan fingerprint density at radius 3 is 2.14 bits per heavy atom. The molecule has 0 radical (unpaired) electrons. The topological polar surface area (TPSA) is 63.2 Å². The second-order valence-electron chi connectivity index (χ2n) is 10.3. The third-order valence-electron chi connectivity index (χ3n) is 7.60. The highest BCUT2D eigenvalue weighted by molar-refractivity contribution is 6.30. The Balaban J connectivity index is 1.30. The Morgan fingerprint density at radius 2 is 1.43 bits per heavy atom. The van der Waals surface area contributed by atoms with Gasteiger partial charge in [-0.2, -0.15) is 0 Å². The molecule has 0 saturated heterocycles. The third kappa shape index (κ3) is 5.93. The molecule has 37 heavy (non-hydrogen) atoms. The van der Waals surface area contributed by atoms with Gasteiger partial charge in [0.1, 0.15) is 11.6 Å². The van der Waals surface area contributed by atoms with E-state index in [2.05, 4.69) is 36.1 Å². The van der Waals surface area contributed by atoms with Crippen molar-refractivity contribution in [3.8, 4) is 22.5 Å². The second-order valence-corrected chi connectivity index (χ2v) is 10.8. The van der Waals surface area contributed by atoms with Crippen molar-refractivity contribution in [3.63, 3.8) is 0 Å². The molecule has 1 aliphatic heterocycles. The molecule has 5 nitrogen and oxygen atoms in total. The van der Waals surface area contributed by atoms with Crippen LogP contribution in [-0.2, 0) is 16.0 Å². The van der Waals surface area contributed by atoms with Gasteiger partial charge in [-0.15, -0.1) is 0 Å². The molecule has 192 valence electrons. The van der Waals surface area contributed by atoms with E-state index in [1.165, 1.54) is 5.56 Å². The molecule has 0 N–H and O–H groups in total. The molecule has 0 amide bonds. The normalized spacial score (nSPS) is 15.9. The summed E-state index contributed by atoms with van der Waals surface area (Å²) in [5.74, 6) is 0.970. The minimum atomic E-state index is -0.321. The fourth-order valence-corrected chi connectivity index (χ4v) is 5.59. The number of carbonyl (C=O) groups excluding carboxylic acids is 2. The van der Waals surface area contributed by atoms with Crippen molar-refractivity contribution in [1.82, 2.24) is 9.97 Å². The van der Waals surface area contributed by atoms with E-state index in [0.717, 1.165) is 92.1 Å². The van der Waals surface area contributed by atoms with Gasteiger partial charge >= 0.3 is 0 Å². The fourth-order valence-electron chi connectivity index (χ4n) is 5.47. The van der Waals surface area contributed by atoms with Gasteiger partial charge in [0.25, 0.3) is 0 Å². The summed E-state index contributed by atoms with van der Waals surface area (Å²) in [5, 5.41) is 0.704. The average Bonchev–Trinajstić information content (AvgIpc) is 3.23. The zero-order chi connectivity index (χ0) is 25.8. The van der Waals surface area contributed by atoms with Crippen LogP contribution in [0.4, 0.5) is 5.82 Å². The smallest absolute Gasteiger partial charge is 0.151 e. The first-order valence-corrected chi connectivity index (χ1v) is 13.9. The minimum Gasteiger partial charge on any atom is -0.355 e. The molecule has 5 rings (SSSR count). The zero-order valence-electron chi connectivity index (χ0n) is 21.5. The summed E-state index contributed by atoms with van der Waals surface area (Å²) in [6.45, 7) is 4.01. The maximum Gasteiger partial charge on any atom is 0.151 e. The van der Waals surface area contributed by atoms with Gasteiger partial charge in [-0.3, -0.25) is 9.59 Å². The lowest BCUT2D eigenvalue weighted by molar-refractivity contribution is -0.127. The number of aromatic nitrogens is 2. The lowest BCUT2D eigenvalue weighted by Crippen LogP contribution is -2.32. The number of anilines is 1. The first kappa shape index (κ1) is 25.6. The Kier molecular flexibility index (Phi) is 7.99. The number of Topliss-reactive ketones (excluding diaryl/α,β-unsaturated/α-hetero) is 2. The van der Waals surface area contributed by atoms with E-state index in [4.69, 9.17) is 21.6 Å². The Hall–Kier alpha value is -3.05. The number of hydrogen-bond acceptors (Lipinski definition) is 5. The third-order valence-corrected chi connectivity index (χ3v) is 7.85. The van der Waals surface area contributed by atoms with Crippen LogP contribution in [0.5, 0.6) is 0 Å². The summed E-state index contributed by atoms with van der Waals surface area (Å²) in [6.07, 6.45) is 7.75. The van der Waals surface area contributed by atoms with Gasteiger partial charge in [0.05, 0.1) is 23.0 Å². The summed E-state index contributed by atoms with van der Waals surface area (Å²) < 4.78 is 0. The van der Waals surface area contributed by atoms with Gasteiger partial charge in [-0.1, -0.05) is 72.8 Å². The number of carbonyl (C=O) groups is 2. The average molecular weight is 516 g/mol. The van der Waals surface area contributed by atoms with E-state index < -0.39 is 0 Å². The summed E-state index contributed by atoms with van der Waals surface area (Å²) in [6, 6.07) is 16.3. The van der Waals surface area contributed by atoms with E-state index in [0.29, 0.717) is 17.9 Å². The molecule has 6 heteroatoms. The van der Waals surface area contributed by atoms with Crippen LogP contribution >= 0.6 is 11.6 Å². The summed E-state index contributed by atoms with van der Waals surface area (Å²) >= 11 is 6.18. The monoisotopic (exact) mass is 515 g/mol. The van der Waals surface area contributed by atoms with E-state index >= 15 is 0 Å². The second kappa shape index (κ2) is 11.6. The SMILES string of the molecule is Cc1ccc(-c2nc3c(nc2-c2ccc(Cl)cc2)N(CCCCCCC2C(=O)CCC2=O)CCC3)cc1. The van der Waals surface area contributed by atoms with Crippen molar-refractivity contribution in [2.75, 3.05) is 18.0 Å². The van der Waals surface area contributed by atoms with Gasteiger partial charge in [0, 0.05) is 42.1 Å². The van der Waals surface area contributed by atoms with Gasteiger partial charge < -0.3 is 4.90 Å². The summed E-state index contributed by atoms with van der Waals surface area (Å²) in [4.78, 5) is 36.5. The molecule has 0 unspecified atom stereocenters. The lowest BCUT2D eigenvalue weighted by atomic mass is 9.97. The maximum absolute atomic E-state index is 11.9. The number of unbranched alkanes of at least 4 members (excludes halogenated alkanes) is 3. The highest BCUT2D eigenvalue weighted by atomic mass is 35.5. The minimum absolute atomic E-state index is 0.148. The van der Waals surface area contributed by atoms with Crippen molar-refractivity contribution in [3.05, 3.63) is 64.8 Å². The summed E-state index contributed by atoms with van der Waals surface area (Å²) in [5.41, 5.74) is 6.17. The standard InChI is InChI=1S/C31H34ClN3O2/c1-21-9-11-22(12-10-21)29-30(23-13-15-24(32)16-14-23)34-31-26(33-29)8-6-20-35(31)19-5-3-2-4-7-25-27(36)17-18-28(25)37/h9-16,25H,2-8,17-20H2,1H3. The fraction of sp³-hybridized carbons (Fsp3) is 0.419. The number of benzene rings is 2.